The summed E-state index contributed by atoms with van der Waals surface area (Å²) >= 11 is 0. The number of nitrogens with zero attached hydrogens (tertiary/aromatic N) is 6. The van der Waals surface area contributed by atoms with E-state index < -0.39 is 0 Å². The minimum Gasteiger partial charge on any atom is -0.328 e. The average Bonchev–Trinajstić information content (AvgIpc) is 3.21. The zero-order valence-corrected chi connectivity index (χ0v) is 15.9. The van der Waals surface area contributed by atoms with E-state index >= 15 is 0 Å². The highest BCUT2D eigenvalue weighted by Gasteiger charge is 2.21. The molecular formula is C18H24N8O. The minimum atomic E-state index is -0.315. The molecule has 9 nitrogen and oxygen atoms in total. The zero-order chi connectivity index (χ0) is 19.4. The number of carbonyl (C=O) groups is 1. The molecule has 0 bridgehead atoms. The largest absolute Gasteiger partial charge is 0.328 e. The Labute approximate surface area is 157 Å². The van der Waals surface area contributed by atoms with Crippen molar-refractivity contribution in [2.24, 2.45) is 20.0 Å². The first kappa shape index (κ1) is 18.6. The summed E-state index contributed by atoms with van der Waals surface area (Å²) in [6, 6.07) is 5.04. The molecule has 3 heterocycles. The molecule has 3 rings (SSSR count). The maximum absolute atomic E-state index is 12.6. The molecule has 27 heavy (non-hydrogen) atoms. The van der Waals surface area contributed by atoms with E-state index in [2.05, 4.69) is 44.6 Å². The topological polar surface area (TPSA) is 103 Å². The number of aromatic nitrogens is 6. The summed E-state index contributed by atoms with van der Waals surface area (Å²) in [5.74, 6) is 1.70. The first-order valence-electron chi connectivity index (χ1n) is 8.80. The molecule has 0 radical (unpaired) electrons. The quantitative estimate of drug-likeness (QED) is 0.696. The van der Waals surface area contributed by atoms with Crippen LogP contribution in [0.5, 0.6) is 0 Å². The molecule has 142 valence electrons. The third kappa shape index (κ3) is 4.49. The van der Waals surface area contributed by atoms with E-state index in [4.69, 9.17) is 0 Å². The van der Waals surface area contributed by atoms with Crippen LogP contribution in [0.2, 0.25) is 0 Å². The molecule has 1 atom stereocenters. The van der Waals surface area contributed by atoms with Crippen LogP contribution in [0, 0.1) is 5.92 Å². The normalized spacial score (nSPS) is 12.2. The third-order valence-electron chi connectivity index (χ3n) is 4.15. The van der Waals surface area contributed by atoms with Gasteiger partial charge >= 0.3 is 6.03 Å². The van der Waals surface area contributed by atoms with Gasteiger partial charge in [0.25, 0.3) is 0 Å². The number of amides is 2. The number of rotatable bonds is 6. The van der Waals surface area contributed by atoms with Crippen molar-refractivity contribution in [1.82, 2.24) is 34.8 Å². The Bertz CT molecular complexity index is 899. The number of anilines is 1. The van der Waals surface area contributed by atoms with Gasteiger partial charge in [-0.2, -0.15) is 10.2 Å². The smallest absolute Gasteiger partial charge is 0.320 e. The molecule has 3 aromatic rings. The summed E-state index contributed by atoms with van der Waals surface area (Å²) in [6.07, 6.45) is 5.69. The third-order valence-corrected chi connectivity index (χ3v) is 4.15. The van der Waals surface area contributed by atoms with E-state index in [1.165, 1.54) is 6.33 Å². The molecule has 9 heteroatoms. The van der Waals surface area contributed by atoms with Gasteiger partial charge in [0, 0.05) is 38.1 Å². The Morgan fingerprint density at radius 2 is 2.07 bits per heavy atom. The van der Waals surface area contributed by atoms with Gasteiger partial charge < -0.3 is 5.32 Å². The van der Waals surface area contributed by atoms with Crippen LogP contribution in [0.4, 0.5) is 10.6 Å². The SMILES string of the molecule is CC(C)C[C@@H](NC(=O)Nc1cc(-c2cccnc2)nn1C)c1ncnn1C. The van der Waals surface area contributed by atoms with Gasteiger partial charge in [-0.1, -0.05) is 13.8 Å². The Balaban J connectivity index is 1.73. The first-order valence-corrected chi connectivity index (χ1v) is 8.80. The van der Waals surface area contributed by atoms with E-state index in [-0.39, 0.29) is 12.1 Å². The second kappa shape index (κ2) is 7.98. The molecule has 0 aliphatic rings. The van der Waals surface area contributed by atoms with E-state index in [0.717, 1.165) is 23.5 Å². The van der Waals surface area contributed by atoms with Crippen molar-refractivity contribution in [3.63, 3.8) is 0 Å². The van der Waals surface area contributed by atoms with Crippen molar-refractivity contribution < 1.29 is 4.79 Å². The van der Waals surface area contributed by atoms with Crippen molar-refractivity contribution >= 4 is 11.8 Å². The number of hydrogen-bond acceptors (Lipinski definition) is 5. The fraction of sp³-hybridized carbons (Fsp3) is 0.389. The lowest BCUT2D eigenvalue weighted by atomic mass is 10.0. The summed E-state index contributed by atoms with van der Waals surface area (Å²) in [5, 5.41) is 14.4. The van der Waals surface area contributed by atoms with Crippen LogP contribution in [-0.2, 0) is 14.1 Å². The summed E-state index contributed by atoms with van der Waals surface area (Å²) in [7, 11) is 3.60. The Morgan fingerprint density at radius 3 is 2.70 bits per heavy atom. The van der Waals surface area contributed by atoms with Crippen LogP contribution in [-0.4, -0.2) is 35.6 Å². The first-order chi connectivity index (χ1) is 12.9. The molecule has 3 aromatic heterocycles. The fourth-order valence-electron chi connectivity index (χ4n) is 2.87. The second-order valence-electron chi connectivity index (χ2n) is 6.80. The van der Waals surface area contributed by atoms with Crippen molar-refractivity contribution in [3.8, 4) is 11.3 Å². The van der Waals surface area contributed by atoms with E-state index in [1.54, 1.807) is 28.8 Å². The standard InChI is InChI=1S/C18H24N8O/c1-12(2)8-15(17-20-11-21-26(17)4)22-18(27)23-16-9-14(24-25(16)3)13-6-5-7-19-10-13/h5-7,9-12,15H,8H2,1-4H3,(H2,22,23,27)/t15-/m1/s1. The number of aryl methyl sites for hydroxylation is 2. The Kier molecular flexibility index (Phi) is 5.49. The summed E-state index contributed by atoms with van der Waals surface area (Å²) in [5.41, 5.74) is 1.63. The summed E-state index contributed by atoms with van der Waals surface area (Å²) in [4.78, 5) is 21.0. The Hall–Kier alpha value is -3.23. The number of urea groups is 1. The molecule has 0 aromatic carbocycles. The molecule has 2 N–H and O–H groups in total. The molecule has 0 saturated heterocycles. The number of pyridine rings is 1. The average molecular weight is 368 g/mol. The number of hydrogen-bond donors (Lipinski definition) is 2. The summed E-state index contributed by atoms with van der Waals surface area (Å²) < 4.78 is 3.31. The fourth-order valence-corrected chi connectivity index (χ4v) is 2.87. The van der Waals surface area contributed by atoms with Gasteiger partial charge in [0.2, 0.25) is 0 Å². The van der Waals surface area contributed by atoms with Gasteiger partial charge in [-0.25, -0.2) is 9.78 Å². The number of carbonyl (C=O) groups excluding carboxylic acids is 1. The highest BCUT2D eigenvalue weighted by molar-refractivity contribution is 5.89. The van der Waals surface area contributed by atoms with Crippen molar-refractivity contribution in [1.29, 1.82) is 0 Å². The molecule has 0 spiro atoms. The molecule has 0 saturated carbocycles. The van der Waals surface area contributed by atoms with Crippen LogP contribution in [0.1, 0.15) is 32.1 Å². The lowest BCUT2D eigenvalue weighted by Crippen LogP contribution is -2.35. The van der Waals surface area contributed by atoms with Crippen LogP contribution >= 0.6 is 0 Å². The predicted molar refractivity (Wildman–Crippen MR) is 102 cm³/mol. The second-order valence-corrected chi connectivity index (χ2v) is 6.80. The predicted octanol–water partition coefficient (Wildman–Crippen LogP) is 2.52. The molecule has 0 fully saturated rings. The highest BCUT2D eigenvalue weighted by atomic mass is 16.2. The summed E-state index contributed by atoms with van der Waals surface area (Å²) in [6.45, 7) is 4.20. The molecular weight excluding hydrogens is 344 g/mol. The maximum atomic E-state index is 12.6. The number of nitrogens with one attached hydrogen (secondary N) is 2. The van der Waals surface area contributed by atoms with Crippen LogP contribution in [0.15, 0.2) is 36.9 Å². The van der Waals surface area contributed by atoms with Gasteiger partial charge in [-0.05, 0) is 24.5 Å². The van der Waals surface area contributed by atoms with Gasteiger partial charge in [0.1, 0.15) is 18.0 Å². The zero-order valence-electron chi connectivity index (χ0n) is 15.9. The van der Waals surface area contributed by atoms with Crippen LogP contribution in [0.3, 0.4) is 0 Å². The molecule has 0 aliphatic heterocycles. The van der Waals surface area contributed by atoms with Crippen molar-refractivity contribution in [2.75, 3.05) is 5.32 Å². The Morgan fingerprint density at radius 1 is 1.26 bits per heavy atom. The van der Waals surface area contributed by atoms with E-state index in [0.29, 0.717) is 11.7 Å². The van der Waals surface area contributed by atoms with Crippen LogP contribution < -0.4 is 10.6 Å². The molecule has 0 aliphatic carbocycles. The minimum absolute atomic E-state index is 0.233. The van der Waals surface area contributed by atoms with E-state index in [9.17, 15) is 4.79 Å². The lowest BCUT2D eigenvalue weighted by molar-refractivity contribution is 0.245. The highest BCUT2D eigenvalue weighted by Crippen LogP contribution is 2.21. The van der Waals surface area contributed by atoms with E-state index in [1.807, 2.05) is 25.2 Å². The molecule has 2 amide bonds. The monoisotopic (exact) mass is 368 g/mol. The molecule has 0 unspecified atom stereocenters. The lowest BCUT2D eigenvalue weighted by Gasteiger charge is -2.20. The van der Waals surface area contributed by atoms with Crippen molar-refractivity contribution in [2.45, 2.75) is 26.3 Å². The van der Waals surface area contributed by atoms with Gasteiger partial charge in [-0.3, -0.25) is 19.7 Å². The van der Waals surface area contributed by atoms with Gasteiger partial charge in [0.15, 0.2) is 0 Å². The van der Waals surface area contributed by atoms with Crippen LogP contribution in [0.25, 0.3) is 11.3 Å². The van der Waals surface area contributed by atoms with Crippen molar-refractivity contribution in [3.05, 3.63) is 42.7 Å². The van der Waals surface area contributed by atoms with Gasteiger partial charge in [-0.15, -0.1) is 0 Å². The van der Waals surface area contributed by atoms with Gasteiger partial charge in [0.05, 0.1) is 11.7 Å². The maximum Gasteiger partial charge on any atom is 0.320 e.